The Labute approximate surface area is 212 Å². The van der Waals surface area contributed by atoms with Gasteiger partial charge in [0.1, 0.15) is 10.6 Å². The van der Waals surface area contributed by atoms with Crippen LogP contribution in [0.15, 0.2) is 47.6 Å². The van der Waals surface area contributed by atoms with E-state index in [9.17, 15) is 13.2 Å². The highest BCUT2D eigenvalue weighted by Gasteiger charge is 2.33. The van der Waals surface area contributed by atoms with Crippen molar-refractivity contribution in [1.82, 2.24) is 28.8 Å². The maximum atomic E-state index is 13.1. The summed E-state index contributed by atoms with van der Waals surface area (Å²) in [6.45, 7) is 11.9. The van der Waals surface area contributed by atoms with Gasteiger partial charge in [-0.15, -0.1) is 0 Å². The van der Waals surface area contributed by atoms with Crippen LogP contribution in [0, 0.1) is 6.92 Å². The lowest BCUT2D eigenvalue weighted by Gasteiger charge is -2.33. The minimum Gasteiger partial charge on any atom is -0.471 e. The molecule has 0 bridgehead atoms. The van der Waals surface area contributed by atoms with Crippen LogP contribution in [-0.4, -0.2) is 69.3 Å². The summed E-state index contributed by atoms with van der Waals surface area (Å²) in [6, 6.07) is 9.60. The summed E-state index contributed by atoms with van der Waals surface area (Å²) in [5, 5.41) is 8.60. The molecule has 36 heavy (non-hydrogen) atoms. The molecule has 1 saturated heterocycles. The summed E-state index contributed by atoms with van der Waals surface area (Å²) >= 11 is 0. The summed E-state index contributed by atoms with van der Waals surface area (Å²) in [6.07, 6.45) is 3.27. The summed E-state index contributed by atoms with van der Waals surface area (Å²) in [7, 11) is -3.66. The maximum Gasteiger partial charge on any atom is 0.274 e. The van der Waals surface area contributed by atoms with Crippen LogP contribution in [-0.2, 0) is 28.7 Å². The van der Waals surface area contributed by atoms with Crippen LogP contribution >= 0.6 is 0 Å². The van der Waals surface area contributed by atoms with Crippen molar-refractivity contribution < 1.29 is 17.9 Å². The summed E-state index contributed by atoms with van der Waals surface area (Å²) in [5.41, 5.74) is 2.08. The molecule has 3 heterocycles. The first-order chi connectivity index (χ1) is 17.0. The molecule has 0 atom stereocenters. The lowest BCUT2D eigenvalue weighted by molar-refractivity contribution is 0.0690. The first-order valence-corrected chi connectivity index (χ1v) is 13.5. The van der Waals surface area contributed by atoms with Crippen LogP contribution in [0.1, 0.15) is 49.4 Å². The van der Waals surface area contributed by atoms with Crippen molar-refractivity contribution in [2.45, 2.75) is 58.2 Å². The second-order valence-corrected chi connectivity index (χ2v) is 11.8. The first-order valence-electron chi connectivity index (χ1n) is 12.1. The zero-order chi connectivity index (χ0) is 26.1. The third kappa shape index (κ3) is 5.46. The van der Waals surface area contributed by atoms with E-state index in [4.69, 9.17) is 4.74 Å². The molecule has 4 rings (SSSR count). The third-order valence-corrected chi connectivity index (χ3v) is 8.31. The second-order valence-electron chi connectivity index (χ2n) is 9.92. The van der Waals surface area contributed by atoms with Gasteiger partial charge in [0, 0.05) is 45.1 Å². The Morgan fingerprint density at radius 2 is 1.67 bits per heavy atom. The van der Waals surface area contributed by atoms with Gasteiger partial charge in [-0.2, -0.15) is 14.5 Å². The number of sulfonamides is 1. The minimum absolute atomic E-state index is 0.0721. The Balaban J connectivity index is 1.32. The molecule has 0 N–H and O–H groups in total. The zero-order valence-corrected chi connectivity index (χ0v) is 22.3. The van der Waals surface area contributed by atoms with Gasteiger partial charge in [-0.05, 0) is 43.0 Å². The fourth-order valence-corrected chi connectivity index (χ4v) is 5.68. The van der Waals surface area contributed by atoms with Crippen molar-refractivity contribution in [3.05, 3.63) is 59.7 Å². The molecule has 1 fully saturated rings. The van der Waals surface area contributed by atoms with E-state index in [0.29, 0.717) is 31.0 Å². The molecule has 0 radical (unpaired) electrons. The third-order valence-electron chi connectivity index (χ3n) is 6.31. The van der Waals surface area contributed by atoms with E-state index in [1.165, 1.54) is 9.87 Å². The molecule has 0 spiro atoms. The monoisotopic (exact) mass is 514 g/mol. The Bertz CT molecular complexity index is 1310. The van der Waals surface area contributed by atoms with Gasteiger partial charge in [-0.3, -0.25) is 9.48 Å². The predicted molar refractivity (Wildman–Crippen MR) is 135 cm³/mol. The average molecular weight is 515 g/mol. The summed E-state index contributed by atoms with van der Waals surface area (Å²) in [4.78, 5) is 14.8. The van der Waals surface area contributed by atoms with Crippen LogP contribution in [0.2, 0.25) is 0 Å². The van der Waals surface area contributed by atoms with Gasteiger partial charge in [0.2, 0.25) is 10.0 Å². The average Bonchev–Trinajstić information content (AvgIpc) is 3.49. The molecule has 1 amide bonds. The van der Waals surface area contributed by atoms with Crippen molar-refractivity contribution in [2.75, 3.05) is 26.2 Å². The lowest BCUT2D eigenvalue weighted by atomic mass is 9.87. The number of carbonyl (C=O) groups is 1. The fourth-order valence-electron chi connectivity index (χ4n) is 4.09. The Morgan fingerprint density at radius 3 is 2.25 bits per heavy atom. The number of hydrogen-bond acceptors (Lipinski definition) is 6. The molecule has 10 nitrogen and oxygen atoms in total. The van der Waals surface area contributed by atoms with E-state index in [1.807, 2.05) is 31.2 Å². The van der Waals surface area contributed by atoms with E-state index < -0.39 is 10.0 Å². The number of ether oxygens (including phenoxy) is 1. The van der Waals surface area contributed by atoms with Crippen molar-refractivity contribution >= 4 is 15.9 Å². The predicted octanol–water partition coefficient (Wildman–Crippen LogP) is 2.89. The standard InChI is InChI=1S/C25H34N6O4S/c1-6-29-17-23(19(2)26-29)36(33,34)31-15-13-28(14-16-31)24(32)22-11-12-30(27-22)18-35-21-9-7-20(8-10-21)25(3,4)5/h7-12,17H,6,13-16,18H2,1-5H3. The molecule has 0 unspecified atom stereocenters. The largest absolute Gasteiger partial charge is 0.471 e. The topological polar surface area (TPSA) is 103 Å². The Hall–Kier alpha value is -3.18. The van der Waals surface area contributed by atoms with E-state index >= 15 is 0 Å². The van der Waals surface area contributed by atoms with Crippen LogP contribution < -0.4 is 4.74 Å². The van der Waals surface area contributed by atoms with Gasteiger partial charge >= 0.3 is 0 Å². The second kappa shape index (κ2) is 10.1. The molecule has 0 aliphatic carbocycles. The van der Waals surface area contributed by atoms with Gasteiger partial charge in [-0.1, -0.05) is 32.9 Å². The van der Waals surface area contributed by atoms with Crippen molar-refractivity contribution in [2.24, 2.45) is 0 Å². The molecule has 1 aromatic carbocycles. The van der Waals surface area contributed by atoms with E-state index in [0.717, 1.165) is 5.75 Å². The fraction of sp³-hybridized carbons (Fsp3) is 0.480. The van der Waals surface area contributed by atoms with Crippen LogP contribution in [0.4, 0.5) is 0 Å². The van der Waals surface area contributed by atoms with Gasteiger partial charge < -0.3 is 9.64 Å². The number of benzene rings is 1. The maximum absolute atomic E-state index is 13.1. The molecule has 3 aromatic rings. The number of carbonyl (C=O) groups excluding carboxylic acids is 1. The lowest BCUT2D eigenvalue weighted by Crippen LogP contribution is -2.50. The Morgan fingerprint density at radius 1 is 1.00 bits per heavy atom. The smallest absolute Gasteiger partial charge is 0.274 e. The van der Waals surface area contributed by atoms with Crippen LogP contribution in [0.25, 0.3) is 0 Å². The molecule has 11 heteroatoms. The highest BCUT2D eigenvalue weighted by atomic mass is 32.2. The zero-order valence-electron chi connectivity index (χ0n) is 21.5. The van der Waals surface area contributed by atoms with Crippen LogP contribution in [0.5, 0.6) is 5.75 Å². The molecular weight excluding hydrogens is 480 g/mol. The molecule has 194 valence electrons. The highest BCUT2D eigenvalue weighted by Crippen LogP contribution is 2.24. The number of rotatable bonds is 7. The number of piperazine rings is 1. The highest BCUT2D eigenvalue weighted by molar-refractivity contribution is 7.89. The number of aromatic nitrogens is 4. The van der Waals surface area contributed by atoms with E-state index in [1.54, 1.807) is 39.6 Å². The number of hydrogen-bond donors (Lipinski definition) is 0. The van der Waals surface area contributed by atoms with Gasteiger partial charge in [0.25, 0.3) is 5.91 Å². The van der Waals surface area contributed by atoms with E-state index in [-0.39, 0.29) is 36.0 Å². The molecule has 0 saturated carbocycles. The molecule has 1 aliphatic rings. The SMILES string of the molecule is CCn1cc(S(=O)(=O)N2CCN(C(=O)c3ccn(COc4ccc(C(C)(C)C)cc4)n3)CC2)c(C)n1. The van der Waals surface area contributed by atoms with Crippen molar-refractivity contribution in [3.63, 3.8) is 0 Å². The normalized spacial score (nSPS) is 15.3. The number of aryl methyl sites for hydroxylation is 2. The summed E-state index contributed by atoms with van der Waals surface area (Å²) < 4.78 is 36.6. The van der Waals surface area contributed by atoms with Crippen molar-refractivity contribution in [1.29, 1.82) is 0 Å². The van der Waals surface area contributed by atoms with Gasteiger partial charge in [0.05, 0.1) is 5.69 Å². The first kappa shape index (κ1) is 25.9. The molecule has 1 aliphatic heterocycles. The minimum atomic E-state index is -3.66. The van der Waals surface area contributed by atoms with Crippen molar-refractivity contribution in [3.8, 4) is 5.75 Å². The Kier molecular flexibility index (Phi) is 7.24. The van der Waals surface area contributed by atoms with Gasteiger partial charge in [0.15, 0.2) is 12.4 Å². The summed E-state index contributed by atoms with van der Waals surface area (Å²) in [5.74, 6) is 0.499. The van der Waals surface area contributed by atoms with Gasteiger partial charge in [-0.25, -0.2) is 13.1 Å². The van der Waals surface area contributed by atoms with Crippen LogP contribution in [0.3, 0.4) is 0 Å². The molecular formula is C25H34N6O4S. The number of nitrogens with zero attached hydrogens (tertiary/aromatic N) is 6. The number of amides is 1. The molecule has 2 aromatic heterocycles. The quantitative estimate of drug-likeness (QED) is 0.480. The van der Waals surface area contributed by atoms with E-state index in [2.05, 4.69) is 31.0 Å².